The first-order valence-electron chi connectivity index (χ1n) is 5.37. The lowest BCUT2D eigenvalue weighted by molar-refractivity contribution is -0.384. The van der Waals surface area contributed by atoms with Crippen molar-refractivity contribution in [1.82, 2.24) is 4.57 Å². The summed E-state index contributed by atoms with van der Waals surface area (Å²) in [6, 6.07) is 0.838. The first kappa shape index (κ1) is 12.1. The number of carboxylic acids is 1. The van der Waals surface area contributed by atoms with Crippen molar-refractivity contribution in [1.29, 1.82) is 0 Å². The average Bonchev–Trinajstić information content (AvgIpc) is 2.72. The van der Waals surface area contributed by atoms with E-state index >= 15 is 0 Å². The lowest BCUT2D eigenvalue weighted by Crippen LogP contribution is -2.26. The van der Waals surface area contributed by atoms with Crippen molar-refractivity contribution in [3.05, 3.63) is 32.1 Å². The van der Waals surface area contributed by atoms with E-state index in [1.54, 1.807) is 4.90 Å². The number of nitro groups is 1. The Labute approximate surface area is 101 Å². The van der Waals surface area contributed by atoms with E-state index in [1.807, 2.05) is 6.92 Å². The molecular formula is C10H11N3O5. The van der Waals surface area contributed by atoms with E-state index in [9.17, 15) is 19.7 Å². The average molecular weight is 253 g/mol. The molecule has 0 fully saturated rings. The van der Waals surface area contributed by atoms with Gasteiger partial charge in [0.2, 0.25) is 0 Å². The first-order valence-corrected chi connectivity index (χ1v) is 5.37. The van der Waals surface area contributed by atoms with Gasteiger partial charge in [-0.25, -0.2) is 4.79 Å². The maximum absolute atomic E-state index is 11.9. The third kappa shape index (κ3) is 1.62. The molecule has 0 unspecified atom stereocenters. The summed E-state index contributed by atoms with van der Waals surface area (Å²) in [6.45, 7) is 3.07. The first-order chi connectivity index (χ1) is 8.47. The van der Waals surface area contributed by atoms with Gasteiger partial charge in [0.1, 0.15) is 5.56 Å². The van der Waals surface area contributed by atoms with Gasteiger partial charge in [-0.15, -0.1) is 0 Å². The van der Waals surface area contributed by atoms with Crippen LogP contribution in [0.2, 0.25) is 0 Å². The molecular weight excluding hydrogens is 242 g/mol. The molecule has 1 aromatic rings. The highest BCUT2D eigenvalue weighted by Gasteiger charge is 2.31. The monoisotopic (exact) mass is 253 g/mol. The van der Waals surface area contributed by atoms with Crippen LogP contribution < -0.4 is 10.5 Å². The second-order valence-corrected chi connectivity index (χ2v) is 3.87. The highest BCUT2D eigenvalue weighted by atomic mass is 16.6. The van der Waals surface area contributed by atoms with Gasteiger partial charge in [0.15, 0.2) is 5.82 Å². The minimum absolute atomic E-state index is 0.192. The van der Waals surface area contributed by atoms with E-state index in [4.69, 9.17) is 5.11 Å². The third-order valence-electron chi connectivity index (χ3n) is 2.94. The number of aromatic carboxylic acids is 1. The van der Waals surface area contributed by atoms with Crippen LogP contribution in [0.5, 0.6) is 0 Å². The topological polar surface area (TPSA) is 106 Å². The van der Waals surface area contributed by atoms with Gasteiger partial charge in [0.25, 0.3) is 5.56 Å². The van der Waals surface area contributed by atoms with E-state index in [2.05, 4.69) is 0 Å². The van der Waals surface area contributed by atoms with Crippen molar-refractivity contribution in [3.8, 4) is 0 Å². The SMILES string of the molecule is CCN1CCn2c1c([N+](=O)[O-])cc(C(=O)O)c2=O. The van der Waals surface area contributed by atoms with Gasteiger partial charge in [0, 0.05) is 25.7 Å². The number of carboxylic acid groups (broad SMARTS) is 1. The summed E-state index contributed by atoms with van der Waals surface area (Å²) in [6.07, 6.45) is 0. The molecule has 2 rings (SSSR count). The quantitative estimate of drug-likeness (QED) is 0.613. The highest BCUT2D eigenvalue weighted by molar-refractivity contribution is 5.89. The van der Waals surface area contributed by atoms with Crippen LogP contribution in [0.1, 0.15) is 17.3 Å². The molecule has 8 nitrogen and oxygen atoms in total. The van der Waals surface area contributed by atoms with Crippen LogP contribution in [0.4, 0.5) is 11.5 Å². The molecule has 2 heterocycles. The van der Waals surface area contributed by atoms with Gasteiger partial charge >= 0.3 is 11.7 Å². The molecule has 0 saturated carbocycles. The Morgan fingerprint density at radius 2 is 2.22 bits per heavy atom. The molecule has 0 saturated heterocycles. The van der Waals surface area contributed by atoms with Crippen molar-refractivity contribution in [2.45, 2.75) is 13.5 Å². The molecule has 1 aromatic heterocycles. The lowest BCUT2D eigenvalue weighted by atomic mass is 10.2. The second kappa shape index (κ2) is 4.13. The fourth-order valence-corrected chi connectivity index (χ4v) is 2.11. The number of fused-ring (bicyclic) bond motifs is 1. The predicted molar refractivity (Wildman–Crippen MR) is 62.2 cm³/mol. The summed E-state index contributed by atoms with van der Waals surface area (Å²) < 4.78 is 1.16. The molecule has 0 bridgehead atoms. The smallest absolute Gasteiger partial charge is 0.341 e. The van der Waals surface area contributed by atoms with Crippen LogP contribution in [-0.2, 0) is 6.54 Å². The van der Waals surface area contributed by atoms with E-state index in [0.717, 1.165) is 10.6 Å². The van der Waals surface area contributed by atoms with Crippen molar-refractivity contribution >= 4 is 17.5 Å². The number of hydrogen-bond acceptors (Lipinski definition) is 5. The minimum Gasteiger partial charge on any atom is -0.477 e. The fourth-order valence-electron chi connectivity index (χ4n) is 2.11. The molecule has 0 aliphatic carbocycles. The molecule has 1 N–H and O–H groups in total. The molecule has 0 aromatic carbocycles. The van der Waals surface area contributed by atoms with E-state index in [1.165, 1.54) is 0 Å². The molecule has 96 valence electrons. The number of rotatable bonds is 3. The van der Waals surface area contributed by atoms with E-state index in [0.29, 0.717) is 13.1 Å². The zero-order chi connectivity index (χ0) is 13.4. The van der Waals surface area contributed by atoms with Gasteiger partial charge in [-0.05, 0) is 6.92 Å². The number of aromatic nitrogens is 1. The molecule has 1 aliphatic heterocycles. The Morgan fingerprint density at radius 3 is 2.72 bits per heavy atom. The number of carbonyl (C=O) groups is 1. The van der Waals surface area contributed by atoms with Crippen molar-refractivity contribution < 1.29 is 14.8 Å². The van der Waals surface area contributed by atoms with Gasteiger partial charge in [-0.3, -0.25) is 19.5 Å². The van der Waals surface area contributed by atoms with Crippen LogP contribution in [-0.4, -0.2) is 33.7 Å². The van der Waals surface area contributed by atoms with Crippen LogP contribution in [0, 0.1) is 10.1 Å². The Morgan fingerprint density at radius 1 is 1.56 bits per heavy atom. The number of likely N-dealkylation sites (N-methyl/N-ethyl adjacent to an activating group) is 1. The second-order valence-electron chi connectivity index (χ2n) is 3.87. The summed E-state index contributed by atoms with van der Waals surface area (Å²) in [7, 11) is 0. The van der Waals surface area contributed by atoms with Crippen molar-refractivity contribution in [2.75, 3.05) is 18.0 Å². The number of hydrogen-bond donors (Lipinski definition) is 1. The van der Waals surface area contributed by atoms with Crippen molar-refractivity contribution in [3.63, 3.8) is 0 Å². The van der Waals surface area contributed by atoms with Crippen LogP contribution in [0.25, 0.3) is 0 Å². The Hall–Kier alpha value is -2.38. The zero-order valence-electron chi connectivity index (χ0n) is 9.62. The lowest BCUT2D eigenvalue weighted by Gasteiger charge is -2.15. The van der Waals surface area contributed by atoms with Crippen LogP contribution >= 0.6 is 0 Å². The number of nitrogens with zero attached hydrogens (tertiary/aromatic N) is 3. The highest BCUT2D eigenvalue weighted by Crippen LogP contribution is 2.30. The van der Waals surface area contributed by atoms with Gasteiger partial charge < -0.3 is 10.0 Å². The predicted octanol–water partition coefficient (Wildman–Crippen LogP) is 0.295. The standard InChI is InChI=1S/C10H11N3O5/c1-2-11-3-4-12-8(11)7(13(17)18)5-6(9(12)14)10(15)16/h5H,2-4H2,1H3,(H,15,16). The van der Waals surface area contributed by atoms with Gasteiger partial charge in [-0.2, -0.15) is 0 Å². The molecule has 0 radical (unpaired) electrons. The van der Waals surface area contributed by atoms with Gasteiger partial charge in [0.05, 0.1) is 4.92 Å². The van der Waals surface area contributed by atoms with Crippen LogP contribution in [0.15, 0.2) is 10.9 Å². The third-order valence-corrected chi connectivity index (χ3v) is 2.94. The maximum Gasteiger partial charge on any atom is 0.341 e. The summed E-state index contributed by atoms with van der Waals surface area (Å²) in [5.41, 5.74) is -1.60. The summed E-state index contributed by atoms with van der Waals surface area (Å²) >= 11 is 0. The molecule has 0 amide bonds. The molecule has 0 atom stereocenters. The zero-order valence-corrected chi connectivity index (χ0v) is 9.62. The van der Waals surface area contributed by atoms with Crippen molar-refractivity contribution in [2.24, 2.45) is 0 Å². The van der Waals surface area contributed by atoms with E-state index < -0.39 is 22.0 Å². The largest absolute Gasteiger partial charge is 0.477 e. The Bertz CT molecular complexity index is 592. The summed E-state index contributed by atoms with van der Waals surface area (Å²) in [5, 5.41) is 19.9. The molecule has 1 aliphatic rings. The maximum atomic E-state index is 11.9. The molecule has 18 heavy (non-hydrogen) atoms. The Balaban J connectivity index is 2.78. The summed E-state index contributed by atoms with van der Waals surface area (Å²) in [4.78, 5) is 34.8. The van der Waals surface area contributed by atoms with Crippen LogP contribution in [0.3, 0.4) is 0 Å². The minimum atomic E-state index is -1.45. The summed E-state index contributed by atoms with van der Waals surface area (Å²) in [5.74, 6) is -1.26. The normalized spacial score (nSPS) is 13.5. The number of anilines is 1. The Kier molecular flexibility index (Phi) is 2.77. The number of pyridine rings is 1. The van der Waals surface area contributed by atoms with E-state index in [-0.39, 0.29) is 18.1 Å². The molecule has 8 heteroatoms. The van der Waals surface area contributed by atoms with Gasteiger partial charge in [-0.1, -0.05) is 0 Å². The molecule has 0 spiro atoms. The fraction of sp³-hybridized carbons (Fsp3) is 0.400.